The lowest BCUT2D eigenvalue weighted by Crippen LogP contribution is -2.49. The highest BCUT2D eigenvalue weighted by molar-refractivity contribution is 5.85. The largest absolute Gasteiger partial charge is 0.342 e. The number of nitrogens with zero attached hydrogens (tertiary/aromatic N) is 3. The van der Waals surface area contributed by atoms with Gasteiger partial charge in [0.25, 0.3) is 0 Å². The second kappa shape index (κ2) is 10.1. The third kappa shape index (κ3) is 5.94. The van der Waals surface area contributed by atoms with Crippen molar-refractivity contribution in [2.24, 2.45) is 5.92 Å². The second-order valence-electron chi connectivity index (χ2n) is 6.37. The fourth-order valence-electron chi connectivity index (χ4n) is 3.34. The van der Waals surface area contributed by atoms with Gasteiger partial charge in [-0.2, -0.15) is 0 Å². The molecule has 134 valence electrons. The van der Waals surface area contributed by atoms with Gasteiger partial charge in [0.05, 0.1) is 6.54 Å². The number of hydrogen-bond donors (Lipinski definition) is 1. The van der Waals surface area contributed by atoms with Crippen LogP contribution in [0.1, 0.15) is 26.2 Å². The Morgan fingerprint density at radius 3 is 2.04 bits per heavy atom. The molecule has 0 radical (unpaired) electrons. The smallest absolute Gasteiger partial charge is 0.236 e. The fraction of sp³-hybridized carbons (Fsp3) is 0.875. The van der Waals surface area contributed by atoms with Crippen LogP contribution in [-0.2, 0) is 9.59 Å². The zero-order valence-electron chi connectivity index (χ0n) is 14.4. The van der Waals surface area contributed by atoms with Crippen molar-refractivity contribution in [3.8, 4) is 0 Å². The number of carbonyl (C=O) groups is 2. The van der Waals surface area contributed by atoms with E-state index in [4.69, 9.17) is 0 Å². The third-order valence-corrected chi connectivity index (χ3v) is 4.93. The molecular weight excluding hydrogens is 316 g/mol. The van der Waals surface area contributed by atoms with Gasteiger partial charge in [0.1, 0.15) is 0 Å². The van der Waals surface area contributed by atoms with Crippen molar-refractivity contribution in [1.82, 2.24) is 20.0 Å². The number of likely N-dealkylation sites (tertiary alicyclic amines) is 1. The summed E-state index contributed by atoms with van der Waals surface area (Å²) in [5.41, 5.74) is 0. The maximum Gasteiger partial charge on any atom is 0.236 e. The van der Waals surface area contributed by atoms with Gasteiger partial charge < -0.3 is 20.0 Å². The lowest BCUT2D eigenvalue weighted by molar-refractivity contribution is -0.135. The molecule has 0 aromatic heterocycles. The van der Waals surface area contributed by atoms with Crippen LogP contribution in [0.3, 0.4) is 0 Å². The number of piperidine rings is 1. The Balaban J connectivity index is 0.00000264. The summed E-state index contributed by atoms with van der Waals surface area (Å²) < 4.78 is 0. The molecule has 1 N–H and O–H groups in total. The molecule has 0 spiro atoms. The molecule has 0 atom stereocenters. The predicted molar refractivity (Wildman–Crippen MR) is 93.8 cm³/mol. The third-order valence-electron chi connectivity index (χ3n) is 4.93. The SMILES string of the molecule is CCN1CCN(C(=O)CC2CCN(C(=O)CNC)CC2)CC1.Cl. The number of likely N-dealkylation sites (N-methyl/N-ethyl adjacent to an activating group) is 2. The number of halogens is 1. The fourth-order valence-corrected chi connectivity index (χ4v) is 3.34. The molecule has 2 fully saturated rings. The summed E-state index contributed by atoms with van der Waals surface area (Å²) in [6.07, 6.45) is 2.56. The highest BCUT2D eigenvalue weighted by atomic mass is 35.5. The van der Waals surface area contributed by atoms with Gasteiger partial charge in [-0.05, 0) is 32.4 Å². The molecule has 23 heavy (non-hydrogen) atoms. The molecule has 0 saturated carbocycles. The first-order valence-corrected chi connectivity index (χ1v) is 8.56. The number of carbonyl (C=O) groups excluding carboxylic acids is 2. The van der Waals surface area contributed by atoms with Crippen molar-refractivity contribution >= 4 is 24.2 Å². The Labute approximate surface area is 146 Å². The van der Waals surface area contributed by atoms with Crippen molar-refractivity contribution < 1.29 is 9.59 Å². The van der Waals surface area contributed by atoms with Crippen LogP contribution < -0.4 is 5.32 Å². The summed E-state index contributed by atoms with van der Waals surface area (Å²) in [6, 6.07) is 0. The minimum atomic E-state index is 0. The van der Waals surface area contributed by atoms with Crippen LogP contribution in [0, 0.1) is 5.92 Å². The summed E-state index contributed by atoms with van der Waals surface area (Å²) in [7, 11) is 1.79. The molecule has 2 amide bonds. The van der Waals surface area contributed by atoms with E-state index in [9.17, 15) is 9.59 Å². The first-order valence-electron chi connectivity index (χ1n) is 8.56. The normalized spacial score (nSPS) is 20.3. The molecule has 2 saturated heterocycles. The van der Waals surface area contributed by atoms with Crippen LogP contribution in [0.5, 0.6) is 0 Å². The maximum atomic E-state index is 12.4. The topological polar surface area (TPSA) is 55.9 Å². The van der Waals surface area contributed by atoms with Gasteiger partial charge in [-0.25, -0.2) is 0 Å². The summed E-state index contributed by atoms with van der Waals surface area (Å²) >= 11 is 0. The summed E-state index contributed by atoms with van der Waals surface area (Å²) in [5.74, 6) is 0.911. The number of rotatable bonds is 5. The molecule has 2 aliphatic rings. The Kier molecular flexibility index (Phi) is 8.87. The monoisotopic (exact) mass is 346 g/mol. The van der Waals surface area contributed by atoms with Crippen LogP contribution in [0.15, 0.2) is 0 Å². The highest BCUT2D eigenvalue weighted by Crippen LogP contribution is 2.21. The lowest BCUT2D eigenvalue weighted by Gasteiger charge is -2.36. The molecule has 0 aromatic rings. The Hall–Kier alpha value is -0.850. The van der Waals surface area contributed by atoms with E-state index in [0.717, 1.165) is 58.7 Å². The first kappa shape index (κ1) is 20.2. The van der Waals surface area contributed by atoms with E-state index >= 15 is 0 Å². The minimum Gasteiger partial charge on any atom is -0.342 e. The molecule has 0 unspecified atom stereocenters. The molecule has 7 heteroatoms. The number of hydrogen-bond acceptors (Lipinski definition) is 4. The van der Waals surface area contributed by atoms with E-state index in [1.165, 1.54) is 0 Å². The molecule has 2 aliphatic heterocycles. The van der Waals surface area contributed by atoms with Crippen molar-refractivity contribution in [3.05, 3.63) is 0 Å². The lowest BCUT2D eigenvalue weighted by atomic mass is 9.93. The van der Waals surface area contributed by atoms with Crippen LogP contribution in [0.25, 0.3) is 0 Å². The van der Waals surface area contributed by atoms with Gasteiger partial charge in [0.15, 0.2) is 0 Å². The Morgan fingerprint density at radius 2 is 1.52 bits per heavy atom. The van der Waals surface area contributed by atoms with Gasteiger partial charge >= 0.3 is 0 Å². The van der Waals surface area contributed by atoms with E-state index in [1.54, 1.807) is 7.05 Å². The van der Waals surface area contributed by atoms with Crippen molar-refractivity contribution in [3.63, 3.8) is 0 Å². The summed E-state index contributed by atoms with van der Waals surface area (Å²) in [5, 5.41) is 2.90. The van der Waals surface area contributed by atoms with Crippen LogP contribution in [0.2, 0.25) is 0 Å². The molecule has 6 nitrogen and oxygen atoms in total. The summed E-state index contributed by atoms with van der Waals surface area (Å²) in [6.45, 7) is 8.97. The number of amides is 2. The zero-order valence-corrected chi connectivity index (χ0v) is 15.2. The van der Waals surface area contributed by atoms with E-state index in [-0.39, 0.29) is 18.3 Å². The molecule has 0 aromatic carbocycles. The second-order valence-corrected chi connectivity index (χ2v) is 6.37. The maximum absolute atomic E-state index is 12.4. The Bertz CT molecular complexity index is 378. The van der Waals surface area contributed by atoms with Gasteiger partial charge in [0.2, 0.25) is 11.8 Å². The molecule has 0 aliphatic carbocycles. The standard InChI is InChI=1S/C16H30N4O2.ClH/c1-3-18-8-10-20(11-9-18)15(21)12-14-4-6-19(7-5-14)16(22)13-17-2;/h14,17H,3-13H2,1-2H3;1H. The van der Waals surface area contributed by atoms with Crippen molar-refractivity contribution in [2.75, 3.05) is 59.4 Å². The average molecular weight is 347 g/mol. The van der Waals surface area contributed by atoms with Crippen molar-refractivity contribution in [2.45, 2.75) is 26.2 Å². The quantitative estimate of drug-likeness (QED) is 0.784. The Morgan fingerprint density at radius 1 is 0.957 bits per heavy atom. The van der Waals surface area contributed by atoms with Gasteiger partial charge in [-0.15, -0.1) is 12.4 Å². The highest BCUT2D eigenvalue weighted by Gasteiger charge is 2.27. The van der Waals surface area contributed by atoms with Crippen LogP contribution >= 0.6 is 12.4 Å². The van der Waals surface area contributed by atoms with E-state index < -0.39 is 0 Å². The predicted octanol–water partition coefficient (Wildman–Crippen LogP) is 0.420. The van der Waals surface area contributed by atoms with Crippen LogP contribution in [-0.4, -0.2) is 85.9 Å². The zero-order chi connectivity index (χ0) is 15.9. The van der Waals surface area contributed by atoms with E-state index in [1.807, 2.05) is 9.80 Å². The molecule has 0 bridgehead atoms. The first-order chi connectivity index (χ1) is 10.6. The van der Waals surface area contributed by atoms with Gasteiger partial charge in [-0.1, -0.05) is 6.92 Å². The van der Waals surface area contributed by atoms with Crippen LogP contribution in [0.4, 0.5) is 0 Å². The van der Waals surface area contributed by atoms with E-state index in [2.05, 4.69) is 17.1 Å². The van der Waals surface area contributed by atoms with E-state index in [0.29, 0.717) is 24.8 Å². The van der Waals surface area contributed by atoms with Gasteiger partial charge in [0, 0.05) is 45.7 Å². The van der Waals surface area contributed by atoms with Gasteiger partial charge in [-0.3, -0.25) is 9.59 Å². The average Bonchev–Trinajstić information content (AvgIpc) is 2.55. The molecular formula is C16H31ClN4O2. The molecule has 2 rings (SSSR count). The van der Waals surface area contributed by atoms with Crippen molar-refractivity contribution in [1.29, 1.82) is 0 Å². The number of nitrogens with one attached hydrogen (secondary N) is 1. The minimum absolute atomic E-state index is 0. The molecule has 2 heterocycles. The summed E-state index contributed by atoms with van der Waals surface area (Å²) in [4.78, 5) is 30.5. The number of piperazine rings is 1.